The number of aryl methyl sites for hydroxylation is 2. The van der Waals surface area contributed by atoms with Gasteiger partial charge >= 0.3 is 0 Å². The first-order valence-corrected chi connectivity index (χ1v) is 9.34. The molecule has 3 rings (SSSR count). The van der Waals surface area contributed by atoms with Crippen molar-refractivity contribution in [2.45, 2.75) is 20.8 Å². The molecule has 2 heterocycles. The Morgan fingerprint density at radius 3 is 2.21 bits per heavy atom. The molecule has 7 heteroatoms. The fourth-order valence-corrected chi connectivity index (χ4v) is 3.34. The zero-order valence-corrected chi connectivity index (χ0v) is 16.4. The SMILES string of the molecule is CC(=O)c1ccc(N2CCN(C(=O)CNC(=O)c3cc(C)oc3C)CC2)cc1. The van der Waals surface area contributed by atoms with Crippen LogP contribution in [0.4, 0.5) is 5.69 Å². The summed E-state index contributed by atoms with van der Waals surface area (Å²) >= 11 is 0. The maximum atomic E-state index is 12.4. The van der Waals surface area contributed by atoms with E-state index in [1.165, 1.54) is 0 Å². The van der Waals surface area contributed by atoms with E-state index in [-0.39, 0.29) is 24.1 Å². The third-order valence-corrected chi connectivity index (χ3v) is 4.96. The van der Waals surface area contributed by atoms with E-state index in [4.69, 9.17) is 4.42 Å². The van der Waals surface area contributed by atoms with Gasteiger partial charge in [0.2, 0.25) is 5.91 Å². The highest BCUT2D eigenvalue weighted by Crippen LogP contribution is 2.18. The minimum atomic E-state index is -0.299. The molecule has 28 heavy (non-hydrogen) atoms. The number of rotatable bonds is 5. The summed E-state index contributed by atoms with van der Waals surface area (Å²) in [7, 11) is 0. The molecule has 0 atom stereocenters. The highest BCUT2D eigenvalue weighted by Gasteiger charge is 2.22. The van der Waals surface area contributed by atoms with Gasteiger partial charge in [-0.3, -0.25) is 14.4 Å². The zero-order chi connectivity index (χ0) is 20.3. The van der Waals surface area contributed by atoms with Crippen LogP contribution < -0.4 is 10.2 Å². The van der Waals surface area contributed by atoms with Crippen LogP contribution >= 0.6 is 0 Å². The molecular formula is C21H25N3O4. The zero-order valence-electron chi connectivity index (χ0n) is 16.4. The molecule has 1 fully saturated rings. The second-order valence-corrected chi connectivity index (χ2v) is 6.98. The quantitative estimate of drug-likeness (QED) is 0.800. The summed E-state index contributed by atoms with van der Waals surface area (Å²) in [6.45, 7) is 7.62. The lowest BCUT2D eigenvalue weighted by Gasteiger charge is -2.36. The van der Waals surface area contributed by atoms with Crippen molar-refractivity contribution in [1.29, 1.82) is 0 Å². The molecule has 1 aromatic carbocycles. The number of ketones is 1. The fourth-order valence-electron chi connectivity index (χ4n) is 3.34. The maximum Gasteiger partial charge on any atom is 0.255 e. The molecule has 0 bridgehead atoms. The average molecular weight is 383 g/mol. The molecule has 0 aliphatic carbocycles. The minimum absolute atomic E-state index is 0.0319. The van der Waals surface area contributed by atoms with Gasteiger partial charge in [0.1, 0.15) is 11.5 Å². The molecule has 148 valence electrons. The van der Waals surface area contributed by atoms with Gasteiger partial charge in [0.05, 0.1) is 12.1 Å². The van der Waals surface area contributed by atoms with Crippen molar-refractivity contribution >= 4 is 23.3 Å². The Labute approximate surface area is 164 Å². The maximum absolute atomic E-state index is 12.4. The molecule has 0 spiro atoms. The van der Waals surface area contributed by atoms with Crippen LogP contribution in [0.15, 0.2) is 34.7 Å². The van der Waals surface area contributed by atoms with E-state index in [9.17, 15) is 14.4 Å². The molecular weight excluding hydrogens is 358 g/mol. The van der Waals surface area contributed by atoms with Crippen molar-refractivity contribution in [3.05, 3.63) is 53.0 Å². The molecule has 2 aromatic rings. The molecule has 1 aromatic heterocycles. The number of carbonyl (C=O) groups excluding carboxylic acids is 3. The number of anilines is 1. The van der Waals surface area contributed by atoms with E-state index in [1.54, 1.807) is 31.7 Å². The summed E-state index contributed by atoms with van der Waals surface area (Å²) in [5.74, 6) is 0.864. The number of piperazine rings is 1. The Bertz CT molecular complexity index is 878. The predicted molar refractivity (Wildman–Crippen MR) is 106 cm³/mol. The van der Waals surface area contributed by atoms with Crippen LogP contribution in [-0.4, -0.2) is 55.2 Å². The van der Waals surface area contributed by atoms with Gasteiger partial charge in [-0.2, -0.15) is 0 Å². The normalized spacial score (nSPS) is 14.1. The summed E-state index contributed by atoms with van der Waals surface area (Å²) < 4.78 is 5.35. The third-order valence-electron chi connectivity index (χ3n) is 4.96. The lowest BCUT2D eigenvalue weighted by Crippen LogP contribution is -2.51. The number of amides is 2. The van der Waals surface area contributed by atoms with Crippen LogP contribution in [0.25, 0.3) is 0 Å². The molecule has 7 nitrogen and oxygen atoms in total. The van der Waals surface area contributed by atoms with Crippen LogP contribution in [0, 0.1) is 13.8 Å². The van der Waals surface area contributed by atoms with Crippen molar-refractivity contribution in [3.63, 3.8) is 0 Å². The van der Waals surface area contributed by atoms with Crippen molar-refractivity contribution in [2.75, 3.05) is 37.6 Å². The number of carbonyl (C=O) groups is 3. The first kappa shape index (κ1) is 19.7. The monoisotopic (exact) mass is 383 g/mol. The smallest absolute Gasteiger partial charge is 0.255 e. The number of nitrogens with one attached hydrogen (secondary N) is 1. The number of benzene rings is 1. The van der Waals surface area contributed by atoms with Gasteiger partial charge in [0.25, 0.3) is 5.91 Å². The molecule has 1 aliphatic heterocycles. The number of hydrogen-bond donors (Lipinski definition) is 1. The van der Waals surface area contributed by atoms with E-state index in [1.807, 2.05) is 24.3 Å². The van der Waals surface area contributed by atoms with E-state index >= 15 is 0 Å². The molecule has 0 unspecified atom stereocenters. The van der Waals surface area contributed by atoms with Gasteiger partial charge in [-0.05, 0) is 51.1 Å². The Morgan fingerprint density at radius 2 is 1.68 bits per heavy atom. The average Bonchev–Trinajstić information content (AvgIpc) is 3.04. The summed E-state index contributed by atoms with van der Waals surface area (Å²) in [5, 5.41) is 2.67. The lowest BCUT2D eigenvalue weighted by atomic mass is 10.1. The van der Waals surface area contributed by atoms with Gasteiger partial charge in [0, 0.05) is 37.4 Å². The Morgan fingerprint density at radius 1 is 1.04 bits per heavy atom. The Hall–Kier alpha value is -3.09. The van der Waals surface area contributed by atoms with Crippen LogP contribution in [0.5, 0.6) is 0 Å². The van der Waals surface area contributed by atoms with Crippen LogP contribution in [0.3, 0.4) is 0 Å². The number of Topliss-reactive ketones (excluding diaryl/α,β-unsaturated/α-hetero) is 1. The minimum Gasteiger partial charge on any atom is -0.466 e. The molecule has 2 amide bonds. The molecule has 1 saturated heterocycles. The molecule has 0 radical (unpaired) electrons. The van der Waals surface area contributed by atoms with Crippen LogP contribution in [0.1, 0.15) is 39.2 Å². The number of furan rings is 1. The standard InChI is InChI=1S/C21H25N3O4/c1-14-12-19(16(3)28-14)21(27)22-13-20(26)24-10-8-23(9-11-24)18-6-4-17(5-7-18)15(2)25/h4-7,12H,8-11,13H2,1-3H3,(H,22,27). The van der Waals surface area contributed by atoms with E-state index < -0.39 is 0 Å². The van der Waals surface area contributed by atoms with Gasteiger partial charge in [-0.15, -0.1) is 0 Å². The second-order valence-electron chi connectivity index (χ2n) is 6.98. The topological polar surface area (TPSA) is 82.9 Å². The number of nitrogens with zero attached hydrogens (tertiary/aromatic N) is 2. The van der Waals surface area contributed by atoms with E-state index in [0.717, 1.165) is 5.69 Å². The second kappa shape index (κ2) is 8.29. The van der Waals surface area contributed by atoms with Gasteiger partial charge in [0.15, 0.2) is 5.78 Å². The largest absolute Gasteiger partial charge is 0.466 e. The van der Waals surface area contributed by atoms with Crippen molar-refractivity contribution in [3.8, 4) is 0 Å². The summed E-state index contributed by atoms with van der Waals surface area (Å²) in [6.07, 6.45) is 0. The van der Waals surface area contributed by atoms with Gasteiger partial charge < -0.3 is 19.5 Å². The molecule has 1 N–H and O–H groups in total. The van der Waals surface area contributed by atoms with Crippen LogP contribution in [0.2, 0.25) is 0 Å². The van der Waals surface area contributed by atoms with Gasteiger partial charge in [-0.1, -0.05) is 0 Å². The first-order chi connectivity index (χ1) is 13.3. The summed E-state index contributed by atoms with van der Waals surface area (Å²) in [4.78, 5) is 39.9. The van der Waals surface area contributed by atoms with E-state index in [0.29, 0.717) is 48.8 Å². The van der Waals surface area contributed by atoms with Crippen molar-refractivity contribution in [2.24, 2.45) is 0 Å². The Kier molecular flexibility index (Phi) is 5.82. The summed E-state index contributed by atoms with van der Waals surface area (Å²) in [5.41, 5.74) is 2.19. The highest BCUT2D eigenvalue weighted by molar-refractivity contribution is 5.97. The predicted octanol–water partition coefficient (Wildman–Crippen LogP) is 2.18. The number of hydrogen-bond acceptors (Lipinski definition) is 5. The Balaban J connectivity index is 1.49. The molecule has 0 saturated carbocycles. The van der Waals surface area contributed by atoms with Gasteiger partial charge in [-0.25, -0.2) is 0 Å². The summed E-state index contributed by atoms with van der Waals surface area (Å²) in [6, 6.07) is 9.19. The fraction of sp³-hybridized carbons (Fsp3) is 0.381. The van der Waals surface area contributed by atoms with Crippen molar-refractivity contribution in [1.82, 2.24) is 10.2 Å². The van der Waals surface area contributed by atoms with Crippen LogP contribution in [-0.2, 0) is 4.79 Å². The van der Waals surface area contributed by atoms with Crippen molar-refractivity contribution < 1.29 is 18.8 Å². The van der Waals surface area contributed by atoms with E-state index in [2.05, 4.69) is 10.2 Å². The highest BCUT2D eigenvalue weighted by atomic mass is 16.3. The first-order valence-electron chi connectivity index (χ1n) is 9.34. The lowest BCUT2D eigenvalue weighted by molar-refractivity contribution is -0.130. The molecule has 1 aliphatic rings. The third kappa shape index (κ3) is 4.42.